The van der Waals surface area contributed by atoms with Crippen molar-refractivity contribution in [1.82, 2.24) is 5.32 Å². The molecule has 1 heterocycles. The summed E-state index contributed by atoms with van der Waals surface area (Å²) in [6.07, 6.45) is 0.801. The van der Waals surface area contributed by atoms with Crippen LogP contribution < -0.4 is 5.32 Å². The van der Waals surface area contributed by atoms with E-state index in [2.05, 4.69) is 23.7 Å². The minimum absolute atomic E-state index is 0.0508. The van der Waals surface area contributed by atoms with Crippen LogP contribution in [0, 0.1) is 0 Å². The van der Waals surface area contributed by atoms with Crippen molar-refractivity contribution in [2.75, 3.05) is 6.61 Å². The van der Waals surface area contributed by atoms with Crippen molar-refractivity contribution in [3.63, 3.8) is 0 Å². The molecule has 2 N–H and O–H groups in total. The number of nitrogens with one attached hydrogen (secondary N) is 1. The monoisotopic (exact) mass is 295 g/mol. The molecule has 0 saturated carbocycles. The summed E-state index contributed by atoms with van der Waals surface area (Å²) in [6, 6.07) is 11.8. The van der Waals surface area contributed by atoms with Crippen LogP contribution in [0.4, 0.5) is 0 Å². The van der Waals surface area contributed by atoms with Gasteiger partial charge in [0.15, 0.2) is 0 Å². The van der Waals surface area contributed by atoms with Gasteiger partial charge in [-0.25, -0.2) is 0 Å². The highest BCUT2D eigenvalue weighted by atomic mass is 35.5. The predicted octanol–water partition coefficient (Wildman–Crippen LogP) is 3.79. The zero-order chi connectivity index (χ0) is 13.7. The second-order valence-corrected chi connectivity index (χ2v) is 6.01. The molecule has 102 valence electrons. The van der Waals surface area contributed by atoms with Crippen molar-refractivity contribution >= 4 is 22.9 Å². The van der Waals surface area contributed by atoms with Crippen LogP contribution in [0.3, 0.4) is 0 Å². The summed E-state index contributed by atoms with van der Waals surface area (Å²) in [5.74, 6) is 0. The van der Waals surface area contributed by atoms with Gasteiger partial charge in [0.25, 0.3) is 0 Å². The maximum Gasteiger partial charge on any atom is 0.0669 e. The van der Waals surface area contributed by atoms with Crippen LogP contribution >= 0.6 is 22.9 Å². The first-order valence-electron chi connectivity index (χ1n) is 6.34. The second kappa shape index (κ2) is 6.53. The molecule has 2 rings (SSSR count). The van der Waals surface area contributed by atoms with Crippen molar-refractivity contribution in [3.8, 4) is 0 Å². The molecular formula is C15H18ClNOS. The van der Waals surface area contributed by atoms with Crippen LogP contribution in [0.2, 0.25) is 5.02 Å². The van der Waals surface area contributed by atoms with Gasteiger partial charge in [-0.3, -0.25) is 0 Å². The Morgan fingerprint density at radius 2 is 2.16 bits per heavy atom. The van der Waals surface area contributed by atoms with Gasteiger partial charge in [0, 0.05) is 16.4 Å². The number of aliphatic hydroxyl groups is 1. The van der Waals surface area contributed by atoms with E-state index in [0.29, 0.717) is 5.02 Å². The molecule has 0 aliphatic carbocycles. The van der Waals surface area contributed by atoms with Crippen molar-refractivity contribution in [3.05, 3.63) is 57.2 Å². The zero-order valence-corrected chi connectivity index (χ0v) is 12.5. The van der Waals surface area contributed by atoms with Gasteiger partial charge in [-0.05, 0) is 35.6 Å². The summed E-state index contributed by atoms with van der Waals surface area (Å²) in [5.41, 5.74) is 0.594. The molecule has 1 aromatic heterocycles. The SMILES string of the molecule is CCC(CO)(NCc1cccs1)c1cccc(Cl)c1. The highest BCUT2D eigenvalue weighted by Gasteiger charge is 2.29. The fourth-order valence-electron chi connectivity index (χ4n) is 2.15. The van der Waals surface area contributed by atoms with Gasteiger partial charge in [0.1, 0.15) is 0 Å². The molecular weight excluding hydrogens is 278 g/mol. The maximum absolute atomic E-state index is 9.85. The molecule has 1 unspecified atom stereocenters. The number of benzene rings is 1. The molecule has 0 radical (unpaired) electrons. The number of thiophene rings is 1. The summed E-state index contributed by atoms with van der Waals surface area (Å²) in [4.78, 5) is 1.26. The average Bonchev–Trinajstić information content (AvgIpc) is 2.94. The van der Waals surface area contributed by atoms with Crippen LogP contribution in [-0.4, -0.2) is 11.7 Å². The average molecular weight is 296 g/mol. The smallest absolute Gasteiger partial charge is 0.0669 e. The number of rotatable bonds is 6. The molecule has 0 spiro atoms. The lowest BCUT2D eigenvalue weighted by molar-refractivity contribution is 0.154. The van der Waals surface area contributed by atoms with E-state index in [1.165, 1.54) is 4.88 Å². The third kappa shape index (κ3) is 3.37. The van der Waals surface area contributed by atoms with Crippen molar-refractivity contribution in [2.24, 2.45) is 0 Å². The fourth-order valence-corrected chi connectivity index (χ4v) is 2.98. The largest absolute Gasteiger partial charge is 0.394 e. The molecule has 1 atom stereocenters. The van der Waals surface area contributed by atoms with Gasteiger partial charge in [0.2, 0.25) is 0 Å². The van der Waals surface area contributed by atoms with Crippen LogP contribution in [0.5, 0.6) is 0 Å². The minimum atomic E-state index is -0.436. The standard InChI is InChI=1S/C15H18ClNOS/c1-2-15(11-18,12-5-3-6-13(16)9-12)17-10-14-7-4-8-19-14/h3-9,17-18H,2,10-11H2,1H3. The van der Waals surface area contributed by atoms with Gasteiger partial charge >= 0.3 is 0 Å². The van der Waals surface area contributed by atoms with Crippen molar-refractivity contribution < 1.29 is 5.11 Å². The molecule has 0 saturated heterocycles. The van der Waals surface area contributed by atoms with Gasteiger partial charge in [-0.15, -0.1) is 11.3 Å². The van der Waals surface area contributed by atoms with Gasteiger partial charge in [0.05, 0.1) is 12.1 Å². The topological polar surface area (TPSA) is 32.3 Å². The number of halogens is 1. The Labute approximate surface area is 123 Å². The molecule has 0 fully saturated rings. The first-order valence-corrected chi connectivity index (χ1v) is 7.60. The molecule has 1 aromatic carbocycles. The molecule has 2 nitrogen and oxygen atoms in total. The van der Waals surface area contributed by atoms with E-state index in [-0.39, 0.29) is 6.61 Å². The Kier molecular flexibility index (Phi) is 4.99. The maximum atomic E-state index is 9.85. The van der Waals surface area contributed by atoms with Crippen LogP contribution in [-0.2, 0) is 12.1 Å². The fraction of sp³-hybridized carbons (Fsp3) is 0.333. The van der Waals surface area contributed by atoms with E-state index < -0.39 is 5.54 Å². The van der Waals surface area contributed by atoms with E-state index in [4.69, 9.17) is 11.6 Å². The van der Waals surface area contributed by atoms with Gasteiger partial charge in [-0.2, -0.15) is 0 Å². The van der Waals surface area contributed by atoms with Crippen LogP contribution in [0.1, 0.15) is 23.8 Å². The summed E-state index contributed by atoms with van der Waals surface area (Å²) in [6.45, 7) is 2.87. The van der Waals surface area contributed by atoms with Gasteiger partial charge in [-0.1, -0.05) is 36.7 Å². The normalized spacial score (nSPS) is 14.3. The minimum Gasteiger partial charge on any atom is -0.394 e. The van der Waals surface area contributed by atoms with E-state index in [9.17, 15) is 5.11 Å². The third-order valence-electron chi connectivity index (χ3n) is 3.43. The Bertz CT molecular complexity index is 509. The van der Waals surface area contributed by atoms with E-state index >= 15 is 0 Å². The quantitative estimate of drug-likeness (QED) is 0.850. The van der Waals surface area contributed by atoms with Crippen LogP contribution in [0.25, 0.3) is 0 Å². The van der Waals surface area contributed by atoms with E-state index in [1.807, 2.05) is 30.3 Å². The Morgan fingerprint density at radius 1 is 1.32 bits per heavy atom. The summed E-state index contributed by atoms with van der Waals surface area (Å²) >= 11 is 7.77. The summed E-state index contributed by atoms with van der Waals surface area (Å²) in [5, 5.41) is 16.1. The van der Waals surface area contributed by atoms with E-state index in [0.717, 1.165) is 18.5 Å². The first-order chi connectivity index (χ1) is 9.20. The molecule has 0 aliphatic heterocycles. The Hall–Kier alpha value is -0.870. The number of hydrogen-bond acceptors (Lipinski definition) is 3. The highest BCUT2D eigenvalue weighted by Crippen LogP contribution is 2.27. The molecule has 2 aromatic rings. The zero-order valence-electron chi connectivity index (χ0n) is 10.9. The van der Waals surface area contributed by atoms with Crippen molar-refractivity contribution in [2.45, 2.75) is 25.4 Å². The predicted molar refractivity (Wildman–Crippen MR) is 81.7 cm³/mol. The molecule has 0 amide bonds. The third-order valence-corrected chi connectivity index (χ3v) is 4.54. The Balaban J connectivity index is 2.21. The lowest BCUT2D eigenvalue weighted by atomic mass is 9.88. The highest BCUT2D eigenvalue weighted by molar-refractivity contribution is 7.09. The van der Waals surface area contributed by atoms with Crippen LogP contribution in [0.15, 0.2) is 41.8 Å². The molecule has 0 bridgehead atoms. The summed E-state index contributed by atoms with van der Waals surface area (Å²) in [7, 11) is 0. The summed E-state index contributed by atoms with van der Waals surface area (Å²) < 4.78 is 0. The van der Waals surface area contributed by atoms with Crippen molar-refractivity contribution in [1.29, 1.82) is 0 Å². The van der Waals surface area contributed by atoms with E-state index in [1.54, 1.807) is 11.3 Å². The molecule has 19 heavy (non-hydrogen) atoms. The molecule has 0 aliphatic rings. The van der Waals surface area contributed by atoms with Gasteiger partial charge < -0.3 is 10.4 Å². The molecule has 4 heteroatoms. The number of hydrogen-bond donors (Lipinski definition) is 2. The number of aliphatic hydroxyl groups excluding tert-OH is 1. The first kappa shape index (κ1) is 14.5. The lowest BCUT2D eigenvalue weighted by Gasteiger charge is -2.33. The lowest BCUT2D eigenvalue weighted by Crippen LogP contribution is -2.44. The second-order valence-electron chi connectivity index (χ2n) is 4.54. The Morgan fingerprint density at radius 3 is 2.74 bits per heavy atom.